The van der Waals surface area contributed by atoms with Gasteiger partial charge in [0.25, 0.3) is 0 Å². The van der Waals surface area contributed by atoms with Crippen LogP contribution in [0.5, 0.6) is 0 Å². The van der Waals surface area contributed by atoms with Gasteiger partial charge in [-0.05, 0) is 34.1 Å². The third-order valence-electron chi connectivity index (χ3n) is 6.40. The van der Waals surface area contributed by atoms with Gasteiger partial charge in [-0.15, -0.1) is 0 Å². The molecule has 0 spiro atoms. The summed E-state index contributed by atoms with van der Waals surface area (Å²) < 4.78 is 5.64. The Morgan fingerprint density at radius 1 is 1.03 bits per heavy atom. The summed E-state index contributed by atoms with van der Waals surface area (Å²) in [7, 11) is 0. The predicted octanol–water partition coefficient (Wildman–Crippen LogP) is 5.09. The molecule has 0 saturated carbocycles. The predicted molar refractivity (Wildman–Crippen MR) is 135 cm³/mol. The van der Waals surface area contributed by atoms with Crippen LogP contribution in [0.1, 0.15) is 69.9 Å². The first kappa shape index (κ1) is 26.3. The zero-order valence-electron chi connectivity index (χ0n) is 20.8. The van der Waals surface area contributed by atoms with Crippen LogP contribution in [0.15, 0.2) is 48.5 Å². The Morgan fingerprint density at radius 2 is 1.63 bits per heavy atom. The van der Waals surface area contributed by atoms with E-state index in [0.717, 1.165) is 24.0 Å². The van der Waals surface area contributed by atoms with Crippen LogP contribution in [0.2, 0.25) is 0 Å². The van der Waals surface area contributed by atoms with Gasteiger partial charge in [0.2, 0.25) is 5.91 Å². The smallest absolute Gasteiger partial charge is 0.407 e. The molecule has 2 amide bonds. The Hall–Kier alpha value is -3.35. The van der Waals surface area contributed by atoms with Crippen molar-refractivity contribution in [3.8, 4) is 11.1 Å². The number of carbonyl (C=O) groups is 3. The highest BCUT2D eigenvalue weighted by molar-refractivity contribution is 5.79. The zero-order valence-corrected chi connectivity index (χ0v) is 20.8. The lowest BCUT2D eigenvalue weighted by Gasteiger charge is -2.24. The zero-order chi connectivity index (χ0) is 25.4. The number of fused-ring (bicyclic) bond motifs is 3. The minimum absolute atomic E-state index is 0.0259. The molecule has 1 atom stereocenters. The molecule has 0 radical (unpaired) electrons. The highest BCUT2D eigenvalue weighted by atomic mass is 16.5. The van der Waals surface area contributed by atoms with E-state index in [4.69, 9.17) is 9.84 Å². The Kier molecular flexibility index (Phi) is 8.90. The fraction of sp³-hybridized carbons (Fsp3) is 0.464. The van der Waals surface area contributed by atoms with Crippen molar-refractivity contribution in [2.45, 2.75) is 64.8 Å². The lowest BCUT2D eigenvalue weighted by Crippen LogP contribution is -2.42. The maximum absolute atomic E-state index is 12.7. The number of nitrogens with one attached hydrogen (secondary N) is 2. The number of ether oxygens (including phenoxy) is 1. The second-order valence-electron chi connectivity index (χ2n) is 10.0. The van der Waals surface area contributed by atoms with Crippen molar-refractivity contribution in [3.63, 3.8) is 0 Å². The molecule has 0 aromatic heterocycles. The topological polar surface area (TPSA) is 105 Å². The summed E-state index contributed by atoms with van der Waals surface area (Å²) in [6.45, 7) is 6.12. The van der Waals surface area contributed by atoms with Crippen LogP contribution in [0.4, 0.5) is 4.79 Å². The number of hydrogen-bond acceptors (Lipinski definition) is 4. The number of carboxylic acids is 1. The van der Waals surface area contributed by atoms with Gasteiger partial charge in [-0.1, -0.05) is 82.1 Å². The minimum Gasteiger partial charge on any atom is -0.481 e. The Bertz CT molecular complexity index is 1000. The van der Waals surface area contributed by atoms with Gasteiger partial charge in [-0.2, -0.15) is 0 Å². The van der Waals surface area contributed by atoms with Gasteiger partial charge < -0.3 is 20.5 Å². The highest BCUT2D eigenvalue weighted by Gasteiger charge is 2.29. The Morgan fingerprint density at radius 3 is 2.20 bits per heavy atom. The van der Waals surface area contributed by atoms with Crippen LogP contribution in [-0.2, 0) is 14.3 Å². The number of benzene rings is 2. The normalized spacial score (nSPS) is 13.5. The highest BCUT2D eigenvalue weighted by Crippen LogP contribution is 2.44. The molecule has 2 aromatic carbocycles. The first-order valence-corrected chi connectivity index (χ1v) is 12.3. The van der Waals surface area contributed by atoms with Crippen molar-refractivity contribution >= 4 is 18.0 Å². The van der Waals surface area contributed by atoms with Crippen LogP contribution < -0.4 is 10.6 Å². The van der Waals surface area contributed by atoms with E-state index in [1.807, 2.05) is 24.3 Å². The fourth-order valence-corrected chi connectivity index (χ4v) is 4.59. The van der Waals surface area contributed by atoms with Crippen LogP contribution in [0, 0.1) is 5.41 Å². The summed E-state index contributed by atoms with van der Waals surface area (Å²) in [5.41, 5.74) is 4.07. The molecule has 1 aliphatic carbocycles. The third-order valence-corrected chi connectivity index (χ3v) is 6.40. The summed E-state index contributed by atoms with van der Waals surface area (Å²) in [6, 6.07) is 16.0. The average molecular weight is 481 g/mol. The SMILES string of the molecule is CCCC[C@H](CC(=O)NCC(C)(C)CC(=O)O)NC(=O)OCC1c2ccccc2-c2ccccc21. The molecule has 3 rings (SSSR count). The van der Waals surface area contributed by atoms with Gasteiger partial charge in [0.1, 0.15) is 6.61 Å². The van der Waals surface area contributed by atoms with Gasteiger partial charge in [-0.3, -0.25) is 9.59 Å². The molecule has 3 N–H and O–H groups in total. The number of rotatable bonds is 12. The van der Waals surface area contributed by atoms with Crippen LogP contribution >= 0.6 is 0 Å². The van der Waals surface area contributed by atoms with Gasteiger partial charge in [0.15, 0.2) is 0 Å². The number of alkyl carbamates (subject to hydrolysis) is 1. The fourth-order valence-electron chi connectivity index (χ4n) is 4.59. The van der Waals surface area contributed by atoms with Crippen molar-refractivity contribution in [1.29, 1.82) is 0 Å². The summed E-state index contributed by atoms with van der Waals surface area (Å²) in [4.78, 5) is 36.2. The van der Waals surface area contributed by atoms with Gasteiger partial charge in [0, 0.05) is 24.9 Å². The molecule has 0 aliphatic heterocycles. The summed E-state index contributed by atoms with van der Waals surface area (Å²) in [6.07, 6.45) is 2.01. The second kappa shape index (κ2) is 11.9. The van der Waals surface area contributed by atoms with E-state index in [1.54, 1.807) is 13.8 Å². The van der Waals surface area contributed by atoms with E-state index in [-0.39, 0.29) is 43.9 Å². The maximum Gasteiger partial charge on any atom is 0.407 e. The number of amides is 2. The monoisotopic (exact) mass is 480 g/mol. The molecule has 7 nitrogen and oxygen atoms in total. The molecule has 7 heteroatoms. The summed E-state index contributed by atoms with van der Waals surface area (Å²) >= 11 is 0. The van der Waals surface area contributed by atoms with Crippen molar-refractivity contribution < 1.29 is 24.2 Å². The molecular formula is C28H36N2O5. The van der Waals surface area contributed by atoms with E-state index < -0.39 is 17.5 Å². The van der Waals surface area contributed by atoms with Crippen LogP contribution in [-0.4, -0.2) is 42.3 Å². The van der Waals surface area contributed by atoms with Gasteiger partial charge >= 0.3 is 12.1 Å². The lowest BCUT2D eigenvalue weighted by atomic mass is 9.89. The number of hydrogen-bond donors (Lipinski definition) is 3. The quantitative estimate of drug-likeness (QED) is 0.392. The van der Waals surface area contributed by atoms with Crippen molar-refractivity contribution in [2.75, 3.05) is 13.2 Å². The molecule has 0 heterocycles. The average Bonchev–Trinajstić information content (AvgIpc) is 3.13. The molecule has 0 bridgehead atoms. The Balaban J connectivity index is 1.56. The van der Waals surface area contributed by atoms with Crippen molar-refractivity contribution in [3.05, 3.63) is 59.7 Å². The van der Waals surface area contributed by atoms with E-state index >= 15 is 0 Å². The molecular weight excluding hydrogens is 444 g/mol. The molecule has 35 heavy (non-hydrogen) atoms. The second-order valence-corrected chi connectivity index (χ2v) is 10.0. The van der Waals surface area contributed by atoms with Crippen molar-refractivity contribution in [2.24, 2.45) is 5.41 Å². The summed E-state index contributed by atoms with van der Waals surface area (Å²) in [5.74, 6) is -1.15. The van der Waals surface area contributed by atoms with E-state index in [9.17, 15) is 14.4 Å². The molecule has 0 saturated heterocycles. The Labute approximate surface area is 207 Å². The van der Waals surface area contributed by atoms with E-state index in [1.165, 1.54) is 11.1 Å². The maximum atomic E-state index is 12.7. The largest absolute Gasteiger partial charge is 0.481 e. The standard InChI is InChI=1S/C28H36N2O5/c1-4-5-10-19(15-25(31)29-18-28(2,3)16-26(32)33)30-27(34)35-17-24-22-13-8-6-11-20(22)21-12-7-9-14-23(21)24/h6-9,11-14,19,24H,4-5,10,15-18H2,1-3H3,(H,29,31)(H,30,34)(H,32,33)/t19-/m1/s1. The number of aliphatic carboxylic acids is 1. The van der Waals surface area contributed by atoms with Crippen molar-refractivity contribution in [1.82, 2.24) is 10.6 Å². The number of carbonyl (C=O) groups excluding carboxylic acids is 2. The lowest BCUT2D eigenvalue weighted by molar-refractivity contribution is -0.139. The number of unbranched alkanes of at least 4 members (excludes halogenated alkanes) is 1. The third kappa shape index (κ3) is 7.31. The summed E-state index contributed by atoms with van der Waals surface area (Å²) in [5, 5.41) is 14.7. The van der Waals surface area contributed by atoms with Crippen LogP contribution in [0.25, 0.3) is 11.1 Å². The van der Waals surface area contributed by atoms with E-state index in [2.05, 4.69) is 41.8 Å². The minimum atomic E-state index is -0.901. The molecule has 0 fully saturated rings. The van der Waals surface area contributed by atoms with Gasteiger partial charge in [-0.25, -0.2) is 4.79 Å². The number of carboxylic acid groups (broad SMARTS) is 1. The first-order chi connectivity index (χ1) is 16.7. The molecule has 0 unspecified atom stereocenters. The van der Waals surface area contributed by atoms with Gasteiger partial charge in [0.05, 0.1) is 6.42 Å². The molecule has 1 aliphatic rings. The first-order valence-electron chi connectivity index (χ1n) is 12.3. The van der Waals surface area contributed by atoms with E-state index in [0.29, 0.717) is 6.42 Å². The van der Waals surface area contributed by atoms with Crippen LogP contribution in [0.3, 0.4) is 0 Å². The molecule has 188 valence electrons. The molecule has 2 aromatic rings.